The second-order valence-corrected chi connectivity index (χ2v) is 8.35. The summed E-state index contributed by atoms with van der Waals surface area (Å²) in [7, 11) is 1.62. The summed E-state index contributed by atoms with van der Waals surface area (Å²) in [5.41, 5.74) is 8.13. The van der Waals surface area contributed by atoms with Gasteiger partial charge in [0.1, 0.15) is 23.5 Å². The third kappa shape index (κ3) is 4.76. The molecule has 1 aromatic heterocycles. The molecular formula is C25H28FN5O. The highest BCUT2D eigenvalue weighted by Crippen LogP contribution is 2.31. The van der Waals surface area contributed by atoms with Crippen LogP contribution in [0.3, 0.4) is 0 Å². The summed E-state index contributed by atoms with van der Waals surface area (Å²) in [6.45, 7) is 1.58. The minimum atomic E-state index is -0.544. The van der Waals surface area contributed by atoms with Gasteiger partial charge < -0.3 is 15.8 Å². The zero-order valence-corrected chi connectivity index (χ0v) is 18.2. The summed E-state index contributed by atoms with van der Waals surface area (Å²) in [5, 5.41) is 17.3. The maximum atomic E-state index is 14.3. The van der Waals surface area contributed by atoms with Gasteiger partial charge in [0, 0.05) is 18.2 Å². The van der Waals surface area contributed by atoms with Gasteiger partial charge in [-0.3, -0.25) is 0 Å². The van der Waals surface area contributed by atoms with Crippen LogP contribution in [0.2, 0.25) is 0 Å². The molecule has 2 aromatic carbocycles. The SMILES string of the molecule is COc1ccc(-n2nc(NC[C@@H]3CCCC(CN)C3)cc2-c2ccc(C#N)c(F)c2)cc1. The monoisotopic (exact) mass is 433 g/mol. The van der Waals surface area contributed by atoms with Gasteiger partial charge in [0.2, 0.25) is 0 Å². The highest BCUT2D eigenvalue weighted by molar-refractivity contribution is 5.67. The predicted octanol–water partition coefficient (Wildman–Crippen LogP) is 4.74. The van der Waals surface area contributed by atoms with Crippen molar-refractivity contribution in [2.45, 2.75) is 25.7 Å². The lowest BCUT2D eigenvalue weighted by molar-refractivity contribution is 0.281. The van der Waals surface area contributed by atoms with Crippen molar-refractivity contribution >= 4 is 5.82 Å². The predicted molar refractivity (Wildman–Crippen MR) is 123 cm³/mol. The average molecular weight is 434 g/mol. The molecule has 0 saturated heterocycles. The van der Waals surface area contributed by atoms with Gasteiger partial charge in [0.15, 0.2) is 0 Å². The number of anilines is 1. The van der Waals surface area contributed by atoms with E-state index in [1.807, 2.05) is 36.4 Å². The van der Waals surface area contributed by atoms with Gasteiger partial charge in [-0.25, -0.2) is 9.07 Å². The summed E-state index contributed by atoms with van der Waals surface area (Å²) >= 11 is 0. The lowest BCUT2D eigenvalue weighted by Gasteiger charge is -2.28. The van der Waals surface area contributed by atoms with Crippen molar-refractivity contribution in [3.05, 3.63) is 59.9 Å². The molecule has 0 bridgehead atoms. The lowest BCUT2D eigenvalue weighted by Crippen LogP contribution is -2.26. The van der Waals surface area contributed by atoms with Crippen molar-refractivity contribution in [2.24, 2.45) is 17.6 Å². The van der Waals surface area contributed by atoms with E-state index in [2.05, 4.69) is 5.32 Å². The number of hydrogen-bond donors (Lipinski definition) is 2. The maximum absolute atomic E-state index is 14.3. The first kappa shape index (κ1) is 21.8. The van der Waals surface area contributed by atoms with Crippen LogP contribution in [-0.2, 0) is 0 Å². The molecule has 1 saturated carbocycles. The van der Waals surface area contributed by atoms with E-state index in [0.29, 0.717) is 17.4 Å². The molecule has 6 nitrogen and oxygen atoms in total. The van der Waals surface area contributed by atoms with E-state index in [0.717, 1.165) is 42.5 Å². The number of nitrogens with one attached hydrogen (secondary N) is 1. The quantitative estimate of drug-likeness (QED) is 0.562. The third-order valence-electron chi connectivity index (χ3n) is 6.21. The molecule has 3 N–H and O–H groups in total. The van der Waals surface area contributed by atoms with E-state index >= 15 is 0 Å². The van der Waals surface area contributed by atoms with E-state index in [9.17, 15) is 4.39 Å². The van der Waals surface area contributed by atoms with Crippen LogP contribution in [0.15, 0.2) is 48.5 Å². The molecule has 0 aliphatic heterocycles. The van der Waals surface area contributed by atoms with Crippen molar-refractivity contribution in [3.8, 4) is 28.8 Å². The molecule has 166 valence electrons. The molecule has 1 heterocycles. The number of rotatable bonds is 7. The fraction of sp³-hybridized carbons (Fsp3) is 0.360. The molecule has 1 aliphatic rings. The molecule has 0 amide bonds. The van der Waals surface area contributed by atoms with Gasteiger partial charge in [-0.05, 0) is 74.0 Å². The van der Waals surface area contributed by atoms with Crippen molar-refractivity contribution in [1.29, 1.82) is 5.26 Å². The Balaban J connectivity index is 1.63. The van der Waals surface area contributed by atoms with Crippen molar-refractivity contribution in [3.63, 3.8) is 0 Å². The minimum absolute atomic E-state index is 0.0226. The molecule has 4 rings (SSSR count). The van der Waals surface area contributed by atoms with E-state index < -0.39 is 5.82 Å². The molecule has 32 heavy (non-hydrogen) atoms. The zero-order valence-electron chi connectivity index (χ0n) is 18.2. The Kier molecular flexibility index (Phi) is 6.72. The lowest BCUT2D eigenvalue weighted by atomic mass is 9.81. The van der Waals surface area contributed by atoms with E-state index in [4.69, 9.17) is 20.8 Å². The molecular weight excluding hydrogens is 405 g/mol. The Morgan fingerprint density at radius 1 is 1.19 bits per heavy atom. The van der Waals surface area contributed by atoms with Crippen LogP contribution in [0.4, 0.5) is 10.2 Å². The summed E-state index contributed by atoms with van der Waals surface area (Å²) in [5.74, 6) is 2.10. The largest absolute Gasteiger partial charge is 0.497 e. The topological polar surface area (TPSA) is 88.9 Å². The van der Waals surface area contributed by atoms with Gasteiger partial charge in [-0.1, -0.05) is 12.5 Å². The number of hydrogen-bond acceptors (Lipinski definition) is 5. The second-order valence-electron chi connectivity index (χ2n) is 8.35. The molecule has 7 heteroatoms. The van der Waals surface area contributed by atoms with Gasteiger partial charge in [0.05, 0.1) is 24.1 Å². The summed E-state index contributed by atoms with van der Waals surface area (Å²) < 4.78 is 21.4. The second kappa shape index (κ2) is 9.84. The summed E-state index contributed by atoms with van der Waals surface area (Å²) in [6, 6.07) is 16.0. The maximum Gasteiger partial charge on any atom is 0.149 e. The van der Waals surface area contributed by atoms with Crippen LogP contribution in [0.25, 0.3) is 16.9 Å². The fourth-order valence-electron chi connectivity index (χ4n) is 4.41. The Morgan fingerprint density at radius 3 is 2.66 bits per heavy atom. The molecule has 0 spiro atoms. The standard InChI is InChI=1S/C25H28FN5O/c1-32-22-9-7-21(8-10-22)31-24(19-5-6-20(15-28)23(26)12-19)13-25(30-31)29-16-18-4-2-3-17(11-18)14-27/h5-10,12-13,17-18H,2-4,11,14,16,27H2,1H3,(H,29,30)/t17?,18-/m1/s1. The Hall–Kier alpha value is -3.37. The van der Waals surface area contributed by atoms with Gasteiger partial charge >= 0.3 is 0 Å². The van der Waals surface area contributed by atoms with Crippen LogP contribution in [0, 0.1) is 29.0 Å². The van der Waals surface area contributed by atoms with Crippen LogP contribution < -0.4 is 15.8 Å². The molecule has 1 fully saturated rings. The van der Waals surface area contributed by atoms with Crippen molar-refractivity contribution in [2.75, 3.05) is 25.5 Å². The highest BCUT2D eigenvalue weighted by Gasteiger charge is 2.21. The molecule has 1 unspecified atom stereocenters. The fourth-order valence-corrected chi connectivity index (χ4v) is 4.41. The number of nitrogens with two attached hydrogens (primary N) is 1. The Bertz CT molecular complexity index is 1100. The van der Waals surface area contributed by atoms with Gasteiger partial charge in [0.25, 0.3) is 0 Å². The number of halogens is 1. The number of methoxy groups -OCH3 is 1. The first-order valence-electron chi connectivity index (χ1n) is 11.0. The first-order valence-corrected chi connectivity index (χ1v) is 11.0. The number of benzene rings is 2. The van der Waals surface area contributed by atoms with Crippen molar-refractivity contribution < 1.29 is 9.13 Å². The molecule has 0 radical (unpaired) electrons. The molecule has 3 aromatic rings. The van der Waals surface area contributed by atoms with Crippen LogP contribution in [-0.4, -0.2) is 30.0 Å². The highest BCUT2D eigenvalue weighted by atomic mass is 19.1. The van der Waals surface area contributed by atoms with Crippen LogP contribution >= 0.6 is 0 Å². The van der Waals surface area contributed by atoms with E-state index in [1.165, 1.54) is 31.4 Å². The third-order valence-corrected chi connectivity index (χ3v) is 6.21. The smallest absolute Gasteiger partial charge is 0.149 e. The summed E-state index contributed by atoms with van der Waals surface area (Å²) in [4.78, 5) is 0. The number of nitriles is 1. The van der Waals surface area contributed by atoms with E-state index in [1.54, 1.807) is 17.9 Å². The summed E-state index contributed by atoms with van der Waals surface area (Å²) in [6.07, 6.45) is 4.75. The van der Waals surface area contributed by atoms with E-state index in [-0.39, 0.29) is 5.56 Å². The average Bonchev–Trinajstić information content (AvgIpc) is 3.27. The zero-order chi connectivity index (χ0) is 22.5. The number of aromatic nitrogens is 2. The number of nitrogens with zero attached hydrogens (tertiary/aromatic N) is 3. The van der Waals surface area contributed by atoms with Gasteiger partial charge in [-0.15, -0.1) is 5.10 Å². The molecule has 2 atom stereocenters. The van der Waals surface area contributed by atoms with Crippen LogP contribution in [0.1, 0.15) is 31.2 Å². The van der Waals surface area contributed by atoms with Gasteiger partial charge in [-0.2, -0.15) is 5.26 Å². The number of ether oxygens (including phenoxy) is 1. The Labute approximate surface area is 187 Å². The Morgan fingerprint density at radius 2 is 1.97 bits per heavy atom. The van der Waals surface area contributed by atoms with Crippen LogP contribution in [0.5, 0.6) is 5.75 Å². The minimum Gasteiger partial charge on any atom is -0.497 e. The normalized spacial score (nSPS) is 18.2. The van der Waals surface area contributed by atoms with Crippen molar-refractivity contribution in [1.82, 2.24) is 9.78 Å². The first-order chi connectivity index (χ1) is 15.6. The molecule has 1 aliphatic carbocycles.